The molecule has 1 heterocycles. The second-order valence-electron chi connectivity index (χ2n) is 6.10. The van der Waals surface area contributed by atoms with Crippen LogP contribution >= 0.6 is 0 Å². The Morgan fingerprint density at radius 2 is 1.59 bits per heavy atom. The van der Waals surface area contributed by atoms with Crippen LogP contribution in [0.25, 0.3) is 11.3 Å². The first-order valence-electron chi connectivity index (χ1n) is 8.55. The summed E-state index contributed by atoms with van der Waals surface area (Å²) in [5.74, 6) is 6.37. The fourth-order valence-electron chi connectivity index (χ4n) is 2.65. The van der Waals surface area contributed by atoms with Crippen molar-refractivity contribution in [2.75, 3.05) is 5.32 Å². The SMILES string of the molecule is CC(=O)Cn1nc(-c2ccccc2)c(C#Cc2ccccc2)c1NC(C)=O. The number of aromatic nitrogens is 2. The van der Waals surface area contributed by atoms with Gasteiger partial charge in [-0.05, 0) is 19.1 Å². The van der Waals surface area contributed by atoms with Gasteiger partial charge in [0.15, 0.2) is 5.78 Å². The van der Waals surface area contributed by atoms with E-state index in [2.05, 4.69) is 22.3 Å². The van der Waals surface area contributed by atoms with E-state index in [1.54, 1.807) is 0 Å². The number of benzene rings is 2. The third-order valence-electron chi connectivity index (χ3n) is 3.77. The van der Waals surface area contributed by atoms with Crippen molar-refractivity contribution in [3.63, 3.8) is 0 Å². The van der Waals surface area contributed by atoms with Gasteiger partial charge >= 0.3 is 0 Å². The van der Waals surface area contributed by atoms with E-state index in [-0.39, 0.29) is 18.2 Å². The number of ketones is 1. The molecular formula is C22H19N3O2. The van der Waals surface area contributed by atoms with Gasteiger partial charge in [-0.1, -0.05) is 60.4 Å². The minimum absolute atomic E-state index is 0.0580. The van der Waals surface area contributed by atoms with Gasteiger partial charge in [0, 0.05) is 18.1 Å². The molecule has 1 N–H and O–H groups in total. The van der Waals surface area contributed by atoms with E-state index in [9.17, 15) is 9.59 Å². The summed E-state index contributed by atoms with van der Waals surface area (Å²) in [6.45, 7) is 2.96. The van der Waals surface area contributed by atoms with Crippen molar-refractivity contribution in [1.82, 2.24) is 9.78 Å². The second-order valence-corrected chi connectivity index (χ2v) is 6.10. The Morgan fingerprint density at radius 1 is 0.963 bits per heavy atom. The molecule has 27 heavy (non-hydrogen) atoms. The van der Waals surface area contributed by atoms with E-state index >= 15 is 0 Å². The van der Waals surface area contributed by atoms with Crippen LogP contribution in [-0.2, 0) is 16.1 Å². The van der Waals surface area contributed by atoms with E-state index in [4.69, 9.17) is 0 Å². The molecule has 5 heteroatoms. The second kappa shape index (κ2) is 8.15. The van der Waals surface area contributed by atoms with Gasteiger partial charge in [0.05, 0.1) is 5.56 Å². The predicted molar refractivity (Wildman–Crippen MR) is 105 cm³/mol. The van der Waals surface area contributed by atoms with Crippen LogP contribution in [0, 0.1) is 11.8 Å². The van der Waals surface area contributed by atoms with Gasteiger partial charge in [-0.15, -0.1) is 0 Å². The molecular weight excluding hydrogens is 338 g/mol. The molecule has 134 valence electrons. The quantitative estimate of drug-likeness (QED) is 0.727. The molecule has 0 saturated carbocycles. The summed E-state index contributed by atoms with van der Waals surface area (Å²) in [6, 6.07) is 19.1. The number of nitrogens with zero attached hydrogens (tertiary/aromatic N) is 2. The summed E-state index contributed by atoms with van der Waals surface area (Å²) in [6.07, 6.45) is 0. The average Bonchev–Trinajstić information content (AvgIpc) is 2.97. The highest BCUT2D eigenvalue weighted by atomic mass is 16.1. The summed E-state index contributed by atoms with van der Waals surface area (Å²) >= 11 is 0. The molecule has 0 atom stereocenters. The summed E-state index contributed by atoms with van der Waals surface area (Å²) in [5, 5.41) is 7.35. The van der Waals surface area contributed by atoms with Crippen LogP contribution in [0.4, 0.5) is 5.82 Å². The van der Waals surface area contributed by atoms with E-state index in [0.29, 0.717) is 17.1 Å². The average molecular weight is 357 g/mol. The molecule has 3 aromatic rings. The molecule has 0 unspecified atom stereocenters. The van der Waals surface area contributed by atoms with Crippen LogP contribution in [0.3, 0.4) is 0 Å². The topological polar surface area (TPSA) is 64.0 Å². The van der Waals surface area contributed by atoms with Crippen LogP contribution in [0.5, 0.6) is 0 Å². The number of nitrogens with one attached hydrogen (secondary N) is 1. The summed E-state index contributed by atoms with van der Waals surface area (Å²) in [5.41, 5.74) is 2.93. The van der Waals surface area contributed by atoms with Crippen LogP contribution in [0.1, 0.15) is 25.0 Å². The van der Waals surface area contributed by atoms with Gasteiger partial charge in [0.25, 0.3) is 0 Å². The maximum Gasteiger partial charge on any atom is 0.222 e. The lowest BCUT2D eigenvalue weighted by molar-refractivity contribution is -0.118. The van der Waals surface area contributed by atoms with E-state index < -0.39 is 0 Å². The number of anilines is 1. The Kier molecular flexibility index (Phi) is 5.48. The van der Waals surface area contributed by atoms with Gasteiger partial charge in [-0.25, -0.2) is 4.68 Å². The van der Waals surface area contributed by atoms with Crippen molar-refractivity contribution in [3.05, 3.63) is 71.8 Å². The zero-order chi connectivity index (χ0) is 19.2. The number of carbonyl (C=O) groups is 2. The molecule has 0 bridgehead atoms. The Bertz CT molecular complexity index is 1030. The van der Waals surface area contributed by atoms with Crippen LogP contribution in [-0.4, -0.2) is 21.5 Å². The highest BCUT2D eigenvalue weighted by molar-refractivity contribution is 5.91. The molecule has 2 aromatic carbocycles. The number of hydrogen-bond acceptors (Lipinski definition) is 3. The minimum atomic E-state index is -0.248. The zero-order valence-corrected chi connectivity index (χ0v) is 15.2. The third-order valence-corrected chi connectivity index (χ3v) is 3.77. The normalized spacial score (nSPS) is 10.0. The molecule has 0 fully saturated rings. The summed E-state index contributed by atoms with van der Waals surface area (Å²) in [4.78, 5) is 23.4. The first-order chi connectivity index (χ1) is 13.0. The molecule has 0 radical (unpaired) electrons. The lowest BCUT2D eigenvalue weighted by Gasteiger charge is -2.06. The lowest BCUT2D eigenvalue weighted by Crippen LogP contribution is -2.15. The molecule has 0 spiro atoms. The van der Waals surface area contributed by atoms with Gasteiger partial charge in [-0.2, -0.15) is 5.10 Å². The highest BCUT2D eigenvalue weighted by Crippen LogP contribution is 2.28. The predicted octanol–water partition coefficient (Wildman–Crippen LogP) is 3.50. The summed E-state index contributed by atoms with van der Waals surface area (Å²) < 4.78 is 1.50. The first-order valence-corrected chi connectivity index (χ1v) is 8.55. The van der Waals surface area contributed by atoms with Crippen LogP contribution < -0.4 is 5.32 Å². The van der Waals surface area contributed by atoms with E-state index in [1.165, 1.54) is 18.5 Å². The molecule has 3 rings (SSSR count). The zero-order valence-electron chi connectivity index (χ0n) is 15.2. The third kappa shape index (κ3) is 4.50. The molecule has 0 aliphatic rings. The Morgan fingerprint density at radius 3 is 2.19 bits per heavy atom. The van der Waals surface area contributed by atoms with Crippen molar-refractivity contribution < 1.29 is 9.59 Å². The van der Waals surface area contributed by atoms with Crippen molar-refractivity contribution in [2.45, 2.75) is 20.4 Å². The maximum absolute atomic E-state index is 11.7. The number of amides is 1. The molecule has 0 aliphatic carbocycles. The Labute approximate surface area is 158 Å². The standard InChI is InChI=1S/C22H19N3O2/c1-16(26)15-25-22(23-17(2)27)20(14-13-18-9-5-3-6-10-18)21(24-25)19-11-7-4-8-12-19/h3-12H,15H2,1-2H3,(H,23,27). The van der Waals surface area contributed by atoms with Gasteiger partial charge in [0.2, 0.25) is 5.91 Å². The van der Waals surface area contributed by atoms with Crippen LogP contribution in [0.15, 0.2) is 60.7 Å². The molecule has 1 aromatic heterocycles. The highest BCUT2D eigenvalue weighted by Gasteiger charge is 2.19. The monoisotopic (exact) mass is 357 g/mol. The number of hydrogen-bond donors (Lipinski definition) is 1. The molecule has 0 aliphatic heterocycles. The van der Waals surface area contributed by atoms with Crippen LogP contribution in [0.2, 0.25) is 0 Å². The number of Topliss-reactive ketones (excluding diaryl/α,β-unsaturated/α-hetero) is 1. The molecule has 0 saturated heterocycles. The molecule has 1 amide bonds. The van der Waals surface area contributed by atoms with E-state index in [1.807, 2.05) is 60.7 Å². The number of rotatable bonds is 4. The van der Waals surface area contributed by atoms with E-state index in [0.717, 1.165) is 11.1 Å². The Balaban J connectivity index is 2.19. The summed E-state index contributed by atoms with van der Waals surface area (Å²) in [7, 11) is 0. The number of carbonyl (C=O) groups excluding carboxylic acids is 2. The Hall–Kier alpha value is -3.65. The van der Waals surface area contributed by atoms with Crippen molar-refractivity contribution in [1.29, 1.82) is 0 Å². The van der Waals surface area contributed by atoms with Crippen molar-refractivity contribution in [2.24, 2.45) is 0 Å². The minimum Gasteiger partial charge on any atom is -0.310 e. The largest absolute Gasteiger partial charge is 0.310 e. The maximum atomic E-state index is 11.7. The molecule has 5 nitrogen and oxygen atoms in total. The van der Waals surface area contributed by atoms with Gasteiger partial charge in [-0.3, -0.25) is 9.59 Å². The van der Waals surface area contributed by atoms with Gasteiger partial charge in [0.1, 0.15) is 18.1 Å². The fraction of sp³-hybridized carbons (Fsp3) is 0.136. The van der Waals surface area contributed by atoms with Crippen molar-refractivity contribution in [3.8, 4) is 23.1 Å². The smallest absolute Gasteiger partial charge is 0.222 e. The fourth-order valence-corrected chi connectivity index (χ4v) is 2.65. The lowest BCUT2D eigenvalue weighted by atomic mass is 10.1. The first kappa shape index (κ1) is 18.2. The van der Waals surface area contributed by atoms with Gasteiger partial charge < -0.3 is 5.32 Å². The van der Waals surface area contributed by atoms with Crippen molar-refractivity contribution >= 4 is 17.5 Å².